The van der Waals surface area contributed by atoms with Crippen molar-refractivity contribution in [2.75, 3.05) is 38.1 Å². The lowest BCUT2D eigenvalue weighted by Gasteiger charge is -2.33. The van der Waals surface area contributed by atoms with Crippen LogP contribution in [0.3, 0.4) is 0 Å². The monoisotopic (exact) mass is 408 g/mol. The van der Waals surface area contributed by atoms with Gasteiger partial charge in [0.15, 0.2) is 5.65 Å². The predicted octanol–water partition coefficient (Wildman–Crippen LogP) is 3.29. The summed E-state index contributed by atoms with van der Waals surface area (Å²) in [5, 5.41) is 17.1. The zero-order valence-corrected chi connectivity index (χ0v) is 17.1. The molecular weight excluding hydrogens is 388 g/mol. The Morgan fingerprint density at radius 3 is 2.62 bits per heavy atom. The van der Waals surface area contributed by atoms with Crippen molar-refractivity contribution in [1.82, 2.24) is 24.6 Å². The molecule has 1 saturated heterocycles. The largest absolute Gasteiger partial charge is 0.507 e. The number of anilines is 1. The molecule has 3 aromatic heterocycles. The molecule has 0 amide bonds. The summed E-state index contributed by atoms with van der Waals surface area (Å²) < 4.78 is 1.72. The zero-order valence-electron chi connectivity index (χ0n) is 16.3. The summed E-state index contributed by atoms with van der Waals surface area (Å²) >= 11 is 6.62. The lowest BCUT2D eigenvalue weighted by atomic mass is 10.1. The number of hydrogen-bond acceptors (Lipinski definition) is 6. The van der Waals surface area contributed by atoms with E-state index in [9.17, 15) is 5.11 Å². The average Bonchev–Trinajstić information content (AvgIpc) is 3.06. The topological polar surface area (TPSA) is 70.3 Å². The van der Waals surface area contributed by atoms with Gasteiger partial charge in [0.25, 0.3) is 0 Å². The molecule has 5 rings (SSSR count). The number of piperazine rings is 1. The van der Waals surface area contributed by atoms with Gasteiger partial charge in [-0.3, -0.25) is 4.68 Å². The molecule has 0 spiro atoms. The van der Waals surface area contributed by atoms with Crippen molar-refractivity contribution in [3.63, 3.8) is 0 Å². The first-order chi connectivity index (χ1) is 14.0. The first kappa shape index (κ1) is 18.1. The van der Waals surface area contributed by atoms with Gasteiger partial charge in [-0.1, -0.05) is 11.6 Å². The quantitative estimate of drug-likeness (QED) is 0.548. The third kappa shape index (κ3) is 3.26. The highest BCUT2D eigenvalue weighted by Crippen LogP contribution is 2.35. The number of phenols is 1. The van der Waals surface area contributed by atoms with Gasteiger partial charge in [0.2, 0.25) is 0 Å². The summed E-state index contributed by atoms with van der Waals surface area (Å²) in [6, 6.07) is 7.36. The van der Waals surface area contributed by atoms with Gasteiger partial charge >= 0.3 is 0 Å². The Morgan fingerprint density at radius 2 is 1.83 bits per heavy atom. The molecule has 1 aliphatic rings. The van der Waals surface area contributed by atoms with Crippen molar-refractivity contribution >= 4 is 39.2 Å². The standard InChI is InChI=1S/C21H21ClN6O/c1-26-3-5-28(6-4-26)14-8-15-17(22)9-19(24-21(15)23-11-14)16-7-13-12-27(2)25-18(13)10-20(16)29/h7-12,29H,3-6H2,1-2H3. The Hall–Kier alpha value is -2.90. The van der Waals surface area contributed by atoms with Gasteiger partial charge in [0.05, 0.1) is 28.1 Å². The van der Waals surface area contributed by atoms with Crippen LogP contribution in [0.15, 0.2) is 36.7 Å². The fourth-order valence-corrected chi connectivity index (χ4v) is 4.06. The Balaban J connectivity index is 1.57. The third-order valence-electron chi connectivity index (χ3n) is 5.48. The highest BCUT2D eigenvalue weighted by Gasteiger charge is 2.17. The summed E-state index contributed by atoms with van der Waals surface area (Å²) in [6.07, 6.45) is 3.76. The lowest BCUT2D eigenvalue weighted by molar-refractivity contribution is 0.313. The Labute approximate surface area is 173 Å². The SMILES string of the molecule is CN1CCN(c2cnc3nc(-c4cc5cn(C)nc5cc4O)cc(Cl)c3c2)CC1. The van der Waals surface area contributed by atoms with Crippen molar-refractivity contribution in [3.8, 4) is 17.0 Å². The summed E-state index contributed by atoms with van der Waals surface area (Å²) in [4.78, 5) is 13.9. The van der Waals surface area contributed by atoms with Gasteiger partial charge in [-0.05, 0) is 25.2 Å². The van der Waals surface area contributed by atoms with E-state index >= 15 is 0 Å². The molecule has 7 nitrogen and oxygen atoms in total. The number of aromatic nitrogens is 4. The number of nitrogens with zero attached hydrogens (tertiary/aromatic N) is 6. The van der Waals surface area contributed by atoms with E-state index in [1.165, 1.54) is 0 Å². The zero-order chi connectivity index (χ0) is 20.1. The van der Waals surface area contributed by atoms with Gasteiger partial charge in [0, 0.05) is 61.8 Å². The molecule has 148 valence electrons. The van der Waals surface area contributed by atoms with Gasteiger partial charge in [0.1, 0.15) is 5.75 Å². The van der Waals surface area contributed by atoms with E-state index in [0.29, 0.717) is 21.9 Å². The average molecular weight is 409 g/mol. The van der Waals surface area contributed by atoms with Crippen LogP contribution in [0, 0.1) is 0 Å². The molecule has 0 bridgehead atoms. The molecule has 29 heavy (non-hydrogen) atoms. The molecule has 0 radical (unpaired) electrons. The number of pyridine rings is 2. The van der Waals surface area contributed by atoms with Gasteiger partial charge in [-0.2, -0.15) is 5.10 Å². The van der Waals surface area contributed by atoms with Crippen LogP contribution >= 0.6 is 11.6 Å². The van der Waals surface area contributed by atoms with Gasteiger partial charge in [-0.15, -0.1) is 0 Å². The number of phenolic OH excluding ortho intramolecular Hbond substituents is 1. The number of benzene rings is 1. The second-order valence-corrected chi connectivity index (χ2v) is 7.98. The number of halogens is 1. The number of rotatable bonds is 2. The van der Waals surface area contributed by atoms with E-state index in [1.807, 2.05) is 25.5 Å². The van der Waals surface area contributed by atoms with Crippen molar-refractivity contribution in [2.45, 2.75) is 0 Å². The van der Waals surface area contributed by atoms with Crippen molar-refractivity contribution in [3.05, 3.63) is 41.7 Å². The Kier molecular flexibility index (Phi) is 4.29. The molecule has 8 heteroatoms. The van der Waals surface area contributed by atoms with Crippen LogP contribution in [0.5, 0.6) is 5.75 Å². The van der Waals surface area contributed by atoms with Crippen LogP contribution in [-0.4, -0.2) is 63.0 Å². The van der Waals surface area contributed by atoms with Crippen LogP contribution in [0.4, 0.5) is 5.69 Å². The van der Waals surface area contributed by atoms with Crippen LogP contribution in [0.1, 0.15) is 0 Å². The molecule has 0 aliphatic carbocycles. The molecule has 0 saturated carbocycles. The first-order valence-corrected chi connectivity index (χ1v) is 9.92. The fraction of sp³-hybridized carbons (Fsp3) is 0.286. The van der Waals surface area contributed by atoms with E-state index in [0.717, 1.165) is 48.2 Å². The highest BCUT2D eigenvalue weighted by molar-refractivity contribution is 6.35. The maximum Gasteiger partial charge on any atom is 0.161 e. The van der Waals surface area contributed by atoms with E-state index < -0.39 is 0 Å². The molecule has 1 N–H and O–H groups in total. The smallest absolute Gasteiger partial charge is 0.161 e. The molecule has 4 aromatic rings. The molecule has 1 fully saturated rings. The summed E-state index contributed by atoms with van der Waals surface area (Å²) in [5.74, 6) is 0.119. The minimum Gasteiger partial charge on any atom is -0.507 e. The summed E-state index contributed by atoms with van der Waals surface area (Å²) in [5.41, 5.74) is 3.55. The second kappa shape index (κ2) is 6.86. The number of aryl methyl sites for hydroxylation is 1. The maximum absolute atomic E-state index is 10.5. The molecular formula is C21H21ClN6O. The molecule has 1 aliphatic heterocycles. The first-order valence-electron chi connectivity index (χ1n) is 9.54. The number of fused-ring (bicyclic) bond motifs is 2. The second-order valence-electron chi connectivity index (χ2n) is 7.58. The van der Waals surface area contributed by atoms with Crippen molar-refractivity contribution in [2.24, 2.45) is 7.05 Å². The van der Waals surface area contributed by atoms with E-state index in [4.69, 9.17) is 11.6 Å². The van der Waals surface area contributed by atoms with Crippen molar-refractivity contribution in [1.29, 1.82) is 0 Å². The van der Waals surface area contributed by atoms with Crippen LogP contribution in [0.2, 0.25) is 5.02 Å². The molecule has 1 aromatic carbocycles. The van der Waals surface area contributed by atoms with Gasteiger partial charge < -0.3 is 14.9 Å². The highest BCUT2D eigenvalue weighted by atomic mass is 35.5. The fourth-order valence-electron chi connectivity index (χ4n) is 3.82. The van der Waals surface area contributed by atoms with E-state index in [1.54, 1.807) is 16.8 Å². The predicted molar refractivity (Wildman–Crippen MR) is 116 cm³/mol. The molecule has 4 heterocycles. The summed E-state index contributed by atoms with van der Waals surface area (Å²) in [7, 11) is 3.99. The van der Waals surface area contributed by atoms with Crippen LogP contribution in [-0.2, 0) is 7.05 Å². The minimum atomic E-state index is 0.119. The van der Waals surface area contributed by atoms with Gasteiger partial charge in [-0.25, -0.2) is 9.97 Å². The van der Waals surface area contributed by atoms with Crippen LogP contribution < -0.4 is 4.90 Å². The number of hydrogen-bond donors (Lipinski definition) is 1. The Morgan fingerprint density at radius 1 is 1.03 bits per heavy atom. The molecule has 0 atom stereocenters. The van der Waals surface area contributed by atoms with E-state index in [2.05, 4.69) is 38.0 Å². The normalized spacial score (nSPS) is 15.5. The number of aromatic hydroxyl groups is 1. The Bertz CT molecular complexity index is 1230. The van der Waals surface area contributed by atoms with Crippen LogP contribution in [0.25, 0.3) is 33.2 Å². The maximum atomic E-state index is 10.5. The summed E-state index contributed by atoms with van der Waals surface area (Å²) in [6.45, 7) is 3.98. The van der Waals surface area contributed by atoms with Crippen molar-refractivity contribution < 1.29 is 5.11 Å². The molecule has 0 unspecified atom stereocenters. The number of likely N-dealkylation sites (N-methyl/N-ethyl adjacent to an activating group) is 1. The minimum absolute atomic E-state index is 0.119. The third-order valence-corrected chi connectivity index (χ3v) is 5.79. The van der Waals surface area contributed by atoms with E-state index in [-0.39, 0.29) is 5.75 Å². The lowest BCUT2D eigenvalue weighted by Crippen LogP contribution is -2.44.